The van der Waals surface area contributed by atoms with Crippen molar-refractivity contribution in [2.24, 2.45) is 0 Å². The lowest BCUT2D eigenvalue weighted by Gasteiger charge is -2.34. The number of hydrogen-bond donors (Lipinski definition) is 2. The standard InChI is InChI=1S/C21H29N5O2/c27-20(15-24-10-7-17-4-1-2-5-18(17)13-24)12-23-21(28)25-9-3-6-19(14-25)26-11-8-22-16-26/h1-2,4-5,8,11,16,19-20,27H,3,6-7,9-10,12-15H2,(H,23,28)/t19?,20-/m0/s1. The van der Waals surface area contributed by atoms with E-state index in [0.29, 0.717) is 13.1 Å². The molecule has 4 rings (SSSR count). The van der Waals surface area contributed by atoms with Crippen LogP contribution in [0.25, 0.3) is 0 Å². The van der Waals surface area contributed by atoms with Crippen molar-refractivity contribution in [1.29, 1.82) is 0 Å². The second kappa shape index (κ2) is 8.75. The van der Waals surface area contributed by atoms with E-state index in [0.717, 1.165) is 38.9 Å². The Labute approximate surface area is 166 Å². The first-order chi connectivity index (χ1) is 13.7. The number of hydrogen-bond acceptors (Lipinski definition) is 4. The molecule has 2 aliphatic heterocycles. The maximum atomic E-state index is 12.5. The maximum absolute atomic E-state index is 12.5. The quantitative estimate of drug-likeness (QED) is 0.823. The molecule has 2 atom stereocenters. The molecule has 0 bridgehead atoms. The highest BCUT2D eigenvalue weighted by Gasteiger charge is 2.25. The molecular formula is C21H29N5O2. The lowest BCUT2D eigenvalue weighted by molar-refractivity contribution is 0.102. The van der Waals surface area contributed by atoms with Crippen molar-refractivity contribution in [2.45, 2.75) is 38.0 Å². The van der Waals surface area contributed by atoms with Crippen LogP contribution >= 0.6 is 0 Å². The van der Waals surface area contributed by atoms with Gasteiger partial charge in [-0.15, -0.1) is 0 Å². The average Bonchev–Trinajstić information content (AvgIpc) is 3.27. The number of aromatic nitrogens is 2. The van der Waals surface area contributed by atoms with Crippen molar-refractivity contribution in [2.75, 3.05) is 32.7 Å². The van der Waals surface area contributed by atoms with Crippen LogP contribution in [0.2, 0.25) is 0 Å². The number of aliphatic hydroxyl groups is 1. The van der Waals surface area contributed by atoms with Crippen molar-refractivity contribution in [3.05, 3.63) is 54.1 Å². The summed E-state index contributed by atoms with van der Waals surface area (Å²) in [7, 11) is 0. The Kier molecular flexibility index (Phi) is 5.92. The SMILES string of the molecule is O=C(NC[C@H](O)CN1CCc2ccccc2C1)N1CCCC(n2ccnc2)C1. The van der Waals surface area contributed by atoms with Crippen LogP contribution in [0.3, 0.4) is 0 Å². The molecule has 0 saturated carbocycles. The summed E-state index contributed by atoms with van der Waals surface area (Å²) >= 11 is 0. The first-order valence-electron chi connectivity index (χ1n) is 10.2. The zero-order valence-corrected chi connectivity index (χ0v) is 16.2. The number of nitrogens with one attached hydrogen (secondary N) is 1. The summed E-state index contributed by atoms with van der Waals surface area (Å²) < 4.78 is 2.07. The zero-order chi connectivity index (χ0) is 19.3. The first kappa shape index (κ1) is 19.0. The first-order valence-corrected chi connectivity index (χ1v) is 10.2. The van der Waals surface area contributed by atoms with Gasteiger partial charge in [0.25, 0.3) is 0 Å². The van der Waals surface area contributed by atoms with E-state index in [9.17, 15) is 9.90 Å². The minimum atomic E-state index is -0.566. The lowest BCUT2D eigenvalue weighted by Crippen LogP contribution is -2.49. The number of rotatable bonds is 5. The lowest BCUT2D eigenvalue weighted by atomic mass is 10.00. The second-order valence-electron chi connectivity index (χ2n) is 7.85. The van der Waals surface area contributed by atoms with Crippen LogP contribution < -0.4 is 5.32 Å². The van der Waals surface area contributed by atoms with Crippen LogP contribution in [0, 0.1) is 0 Å². The number of nitrogens with zero attached hydrogens (tertiary/aromatic N) is 4. The van der Waals surface area contributed by atoms with E-state index in [1.807, 2.05) is 17.4 Å². The molecule has 1 unspecified atom stereocenters. The van der Waals surface area contributed by atoms with E-state index in [1.165, 1.54) is 11.1 Å². The molecule has 7 nitrogen and oxygen atoms in total. The molecule has 28 heavy (non-hydrogen) atoms. The molecule has 0 spiro atoms. The number of carbonyl (C=O) groups is 1. The third kappa shape index (κ3) is 4.54. The third-order valence-corrected chi connectivity index (χ3v) is 5.80. The zero-order valence-electron chi connectivity index (χ0n) is 16.2. The second-order valence-corrected chi connectivity index (χ2v) is 7.85. The third-order valence-electron chi connectivity index (χ3n) is 5.80. The van der Waals surface area contributed by atoms with Gasteiger partial charge < -0.3 is 19.9 Å². The van der Waals surface area contributed by atoms with Crippen molar-refractivity contribution in [1.82, 2.24) is 24.7 Å². The average molecular weight is 383 g/mol. The van der Waals surface area contributed by atoms with Crippen LogP contribution in [-0.2, 0) is 13.0 Å². The molecule has 2 aliphatic rings. The minimum absolute atomic E-state index is 0.0899. The van der Waals surface area contributed by atoms with Gasteiger partial charge in [-0.05, 0) is 30.4 Å². The van der Waals surface area contributed by atoms with Gasteiger partial charge >= 0.3 is 6.03 Å². The number of likely N-dealkylation sites (tertiary alicyclic amines) is 1. The summed E-state index contributed by atoms with van der Waals surface area (Å²) in [5.74, 6) is 0. The van der Waals surface area contributed by atoms with Gasteiger partial charge in [0.1, 0.15) is 0 Å². The van der Waals surface area contributed by atoms with Gasteiger partial charge in [-0.25, -0.2) is 9.78 Å². The highest BCUT2D eigenvalue weighted by Crippen LogP contribution is 2.21. The fourth-order valence-electron chi connectivity index (χ4n) is 4.26. The molecule has 0 aliphatic carbocycles. The van der Waals surface area contributed by atoms with Gasteiger partial charge in [-0.2, -0.15) is 0 Å². The Morgan fingerprint density at radius 3 is 2.96 bits per heavy atom. The normalized spacial score (nSPS) is 21.2. The van der Waals surface area contributed by atoms with Gasteiger partial charge in [-0.3, -0.25) is 4.90 Å². The molecule has 7 heteroatoms. The number of fused-ring (bicyclic) bond motifs is 1. The van der Waals surface area contributed by atoms with E-state index in [2.05, 4.69) is 44.0 Å². The van der Waals surface area contributed by atoms with Crippen molar-refractivity contribution < 1.29 is 9.90 Å². The Hall–Kier alpha value is -2.38. The Balaban J connectivity index is 1.22. The number of piperidine rings is 1. The molecule has 3 heterocycles. The van der Waals surface area contributed by atoms with Crippen molar-refractivity contribution in [3.8, 4) is 0 Å². The maximum Gasteiger partial charge on any atom is 0.317 e. The van der Waals surface area contributed by atoms with Crippen LogP contribution in [-0.4, -0.2) is 69.3 Å². The number of amides is 2. The van der Waals surface area contributed by atoms with Crippen LogP contribution in [0.15, 0.2) is 43.0 Å². The van der Waals surface area contributed by atoms with Crippen LogP contribution in [0.4, 0.5) is 4.79 Å². The molecule has 2 amide bonds. The summed E-state index contributed by atoms with van der Waals surface area (Å²) in [6.45, 7) is 4.10. The fraction of sp³-hybridized carbons (Fsp3) is 0.524. The van der Waals surface area contributed by atoms with Crippen LogP contribution in [0.1, 0.15) is 30.0 Å². The molecule has 2 aromatic rings. The van der Waals surface area contributed by atoms with Gasteiger partial charge in [0, 0.05) is 51.7 Å². The van der Waals surface area contributed by atoms with Gasteiger partial charge in [0.05, 0.1) is 18.5 Å². The van der Waals surface area contributed by atoms with Crippen LogP contribution in [0.5, 0.6) is 0 Å². The molecule has 0 radical (unpaired) electrons. The van der Waals surface area contributed by atoms with E-state index < -0.39 is 6.10 Å². The molecule has 1 saturated heterocycles. The molecule has 1 aromatic carbocycles. The minimum Gasteiger partial charge on any atom is -0.390 e. The van der Waals surface area contributed by atoms with Crippen molar-refractivity contribution in [3.63, 3.8) is 0 Å². The molecule has 1 fully saturated rings. The molecule has 1 aromatic heterocycles. The fourth-order valence-corrected chi connectivity index (χ4v) is 4.26. The van der Waals surface area contributed by atoms with E-state index in [1.54, 1.807) is 6.20 Å². The van der Waals surface area contributed by atoms with E-state index in [4.69, 9.17) is 0 Å². The Bertz CT molecular complexity index is 779. The summed E-state index contributed by atoms with van der Waals surface area (Å²) in [5.41, 5.74) is 2.74. The van der Waals surface area contributed by atoms with Gasteiger partial charge in [-0.1, -0.05) is 24.3 Å². The van der Waals surface area contributed by atoms with Crippen molar-refractivity contribution >= 4 is 6.03 Å². The van der Waals surface area contributed by atoms with E-state index >= 15 is 0 Å². The predicted octanol–water partition coefficient (Wildman–Crippen LogP) is 1.65. The van der Waals surface area contributed by atoms with Gasteiger partial charge in [0.15, 0.2) is 0 Å². The summed E-state index contributed by atoms with van der Waals surface area (Å²) in [6, 6.07) is 8.67. The molecular weight excluding hydrogens is 354 g/mol. The summed E-state index contributed by atoms with van der Waals surface area (Å²) in [4.78, 5) is 20.7. The number of imidazole rings is 1. The number of benzene rings is 1. The number of β-amino-alcohol motifs (C(OH)–C–C–N with tert-alkyl or cyclic N) is 1. The number of aliphatic hydroxyl groups excluding tert-OH is 1. The predicted molar refractivity (Wildman–Crippen MR) is 107 cm³/mol. The van der Waals surface area contributed by atoms with E-state index in [-0.39, 0.29) is 18.6 Å². The highest BCUT2D eigenvalue weighted by atomic mass is 16.3. The number of carbonyl (C=O) groups excluding carboxylic acids is 1. The number of urea groups is 1. The Morgan fingerprint density at radius 2 is 2.14 bits per heavy atom. The smallest absolute Gasteiger partial charge is 0.317 e. The van der Waals surface area contributed by atoms with Gasteiger partial charge in [0.2, 0.25) is 0 Å². The topological polar surface area (TPSA) is 73.6 Å². The molecule has 150 valence electrons. The largest absolute Gasteiger partial charge is 0.390 e. The summed E-state index contributed by atoms with van der Waals surface area (Å²) in [5, 5.41) is 13.3. The highest BCUT2D eigenvalue weighted by molar-refractivity contribution is 5.74. The Morgan fingerprint density at radius 1 is 1.29 bits per heavy atom. The molecule has 2 N–H and O–H groups in total. The summed E-state index contributed by atoms with van der Waals surface area (Å²) in [6.07, 6.45) is 8.01. The monoisotopic (exact) mass is 383 g/mol.